The molecule has 1 aromatic heterocycles. The van der Waals surface area contributed by atoms with E-state index in [1.54, 1.807) is 0 Å². The lowest BCUT2D eigenvalue weighted by atomic mass is 10.4. The van der Waals surface area contributed by atoms with Crippen molar-refractivity contribution in [2.45, 2.75) is 6.42 Å². The smallest absolute Gasteiger partial charge is 0.265 e. The number of nitrogens with one attached hydrogen (secondary N) is 2. The summed E-state index contributed by atoms with van der Waals surface area (Å²) in [5, 5.41) is 6.90. The van der Waals surface area contributed by atoms with Crippen molar-refractivity contribution in [2.75, 3.05) is 49.9 Å². The number of thiazole rings is 1. The van der Waals surface area contributed by atoms with Crippen molar-refractivity contribution in [1.29, 1.82) is 0 Å². The Bertz CT molecular complexity index is 429. The first kappa shape index (κ1) is 14.0. The Morgan fingerprint density at radius 3 is 2.89 bits per heavy atom. The highest BCUT2D eigenvalue weighted by Gasteiger charge is 2.20. The number of piperazine rings is 1. The lowest BCUT2D eigenvalue weighted by Gasteiger charge is -2.26. The third-order valence-corrected chi connectivity index (χ3v) is 4.03. The van der Waals surface area contributed by atoms with E-state index in [4.69, 9.17) is 11.5 Å². The van der Waals surface area contributed by atoms with Crippen LogP contribution in [0.3, 0.4) is 0 Å². The van der Waals surface area contributed by atoms with Gasteiger partial charge in [-0.3, -0.25) is 4.79 Å². The maximum Gasteiger partial charge on any atom is 0.265 e. The van der Waals surface area contributed by atoms with Crippen LogP contribution in [-0.4, -0.2) is 50.2 Å². The number of carbonyl (C=O) groups excluding carboxylic acids is 1. The minimum absolute atomic E-state index is 0.162. The molecule has 1 aliphatic heterocycles. The first-order valence-corrected chi connectivity index (χ1v) is 7.24. The quantitative estimate of drug-likeness (QED) is 0.528. The topological polar surface area (TPSA) is 109 Å². The van der Waals surface area contributed by atoms with Crippen LogP contribution in [0.2, 0.25) is 0 Å². The van der Waals surface area contributed by atoms with Gasteiger partial charge in [0.25, 0.3) is 5.91 Å². The molecule has 0 radical (unpaired) electrons. The molecular weight excluding hydrogens is 264 g/mol. The third-order valence-electron chi connectivity index (χ3n) is 2.90. The summed E-state index contributed by atoms with van der Waals surface area (Å²) in [6.07, 6.45) is 0.759. The molecule has 1 amide bonds. The average molecular weight is 284 g/mol. The van der Waals surface area contributed by atoms with Gasteiger partial charge in [0.1, 0.15) is 10.7 Å². The van der Waals surface area contributed by atoms with Crippen LogP contribution in [0.25, 0.3) is 0 Å². The molecule has 0 unspecified atom stereocenters. The molecule has 1 saturated heterocycles. The van der Waals surface area contributed by atoms with Gasteiger partial charge in [0.15, 0.2) is 5.13 Å². The van der Waals surface area contributed by atoms with Crippen LogP contribution in [0, 0.1) is 0 Å². The Morgan fingerprint density at radius 2 is 2.21 bits per heavy atom. The summed E-state index contributed by atoms with van der Waals surface area (Å²) in [5.41, 5.74) is 11.2. The third kappa shape index (κ3) is 3.55. The minimum Gasteiger partial charge on any atom is -0.382 e. The van der Waals surface area contributed by atoms with Crippen LogP contribution in [0.15, 0.2) is 0 Å². The van der Waals surface area contributed by atoms with E-state index in [0.29, 0.717) is 23.8 Å². The van der Waals surface area contributed by atoms with Crippen LogP contribution in [0.1, 0.15) is 16.1 Å². The lowest BCUT2D eigenvalue weighted by molar-refractivity contribution is 0.0958. The van der Waals surface area contributed by atoms with Gasteiger partial charge in [-0.15, -0.1) is 0 Å². The maximum absolute atomic E-state index is 11.9. The van der Waals surface area contributed by atoms with Crippen molar-refractivity contribution in [3.05, 3.63) is 4.88 Å². The molecule has 7 nitrogen and oxygen atoms in total. The summed E-state index contributed by atoms with van der Waals surface area (Å²) in [4.78, 5) is 18.9. The molecule has 0 bridgehead atoms. The average Bonchev–Trinajstić information content (AvgIpc) is 2.82. The van der Waals surface area contributed by atoms with Gasteiger partial charge in [0, 0.05) is 32.7 Å². The standard InChI is InChI=1S/C11H20N6OS/c12-2-1-3-15-10(18)8-9(13)16-11(19-8)17-6-4-14-5-7-17/h14H,1-7,12-13H2,(H,15,18). The summed E-state index contributed by atoms with van der Waals surface area (Å²) in [5.74, 6) is 0.147. The van der Waals surface area contributed by atoms with Crippen molar-refractivity contribution in [3.8, 4) is 0 Å². The second-order valence-electron chi connectivity index (χ2n) is 4.35. The molecule has 0 spiro atoms. The molecule has 1 fully saturated rings. The zero-order valence-corrected chi connectivity index (χ0v) is 11.6. The molecule has 0 saturated carbocycles. The molecular formula is C11H20N6OS. The molecule has 2 heterocycles. The second kappa shape index (κ2) is 6.69. The van der Waals surface area contributed by atoms with E-state index in [1.807, 2.05) is 0 Å². The summed E-state index contributed by atoms with van der Waals surface area (Å²) in [7, 11) is 0. The molecule has 6 N–H and O–H groups in total. The first-order chi connectivity index (χ1) is 9.22. The van der Waals surface area contributed by atoms with Gasteiger partial charge in [-0.1, -0.05) is 11.3 Å². The number of hydrogen-bond donors (Lipinski definition) is 4. The maximum atomic E-state index is 11.9. The summed E-state index contributed by atoms with van der Waals surface area (Å²) in [6.45, 7) is 4.76. The van der Waals surface area contributed by atoms with E-state index >= 15 is 0 Å². The highest BCUT2D eigenvalue weighted by atomic mass is 32.1. The number of nitrogens with two attached hydrogens (primary N) is 2. The Kier molecular flexibility index (Phi) is 4.94. The van der Waals surface area contributed by atoms with Crippen LogP contribution in [0.5, 0.6) is 0 Å². The van der Waals surface area contributed by atoms with Crippen LogP contribution < -0.4 is 27.0 Å². The molecule has 0 aromatic carbocycles. The van der Waals surface area contributed by atoms with E-state index in [2.05, 4.69) is 20.5 Å². The number of nitrogen functional groups attached to an aromatic ring is 1. The van der Waals surface area contributed by atoms with Gasteiger partial charge in [-0.2, -0.15) is 0 Å². The van der Waals surface area contributed by atoms with Crippen molar-refractivity contribution in [3.63, 3.8) is 0 Å². The van der Waals surface area contributed by atoms with E-state index in [0.717, 1.165) is 37.7 Å². The van der Waals surface area contributed by atoms with Crippen molar-refractivity contribution < 1.29 is 4.79 Å². The number of amides is 1. The number of aromatic nitrogens is 1. The Morgan fingerprint density at radius 1 is 1.47 bits per heavy atom. The highest BCUT2D eigenvalue weighted by molar-refractivity contribution is 7.18. The fraction of sp³-hybridized carbons (Fsp3) is 0.636. The summed E-state index contributed by atoms with van der Waals surface area (Å²) >= 11 is 1.35. The molecule has 0 aliphatic carbocycles. The van der Waals surface area contributed by atoms with Gasteiger partial charge in [-0.05, 0) is 13.0 Å². The summed E-state index contributed by atoms with van der Waals surface area (Å²) in [6, 6.07) is 0. The fourth-order valence-corrected chi connectivity index (χ4v) is 2.81. The first-order valence-electron chi connectivity index (χ1n) is 6.42. The second-order valence-corrected chi connectivity index (χ2v) is 5.32. The number of carbonyl (C=O) groups is 1. The largest absolute Gasteiger partial charge is 0.382 e. The van der Waals surface area contributed by atoms with Gasteiger partial charge in [0.05, 0.1) is 0 Å². The number of anilines is 2. The molecule has 1 aliphatic rings. The normalized spacial score (nSPS) is 15.5. The number of nitrogens with zero attached hydrogens (tertiary/aromatic N) is 2. The number of hydrogen-bond acceptors (Lipinski definition) is 7. The zero-order valence-electron chi connectivity index (χ0n) is 10.8. The molecule has 8 heteroatoms. The Hall–Kier alpha value is -1.38. The zero-order chi connectivity index (χ0) is 13.7. The predicted octanol–water partition coefficient (Wildman–Crippen LogP) is -0.786. The minimum atomic E-state index is -0.162. The van der Waals surface area contributed by atoms with Crippen molar-refractivity contribution in [2.24, 2.45) is 5.73 Å². The SMILES string of the molecule is NCCCNC(=O)c1sc(N2CCNCC2)nc1N. The van der Waals surface area contributed by atoms with E-state index in [-0.39, 0.29) is 5.91 Å². The number of rotatable bonds is 5. The predicted molar refractivity (Wildman–Crippen MR) is 77.6 cm³/mol. The summed E-state index contributed by atoms with van der Waals surface area (Å²) < 4.78 is 0. The van der Waals surface area contributed by atoms with Gasteiger partial charge < -0.3 is 27.0 Å². The van der Waals surface area contributed by atoms with E-state index in [9.17, 15) is 4.79 Å². The van der Waals surface area contributed by atoms with Gasteiger partial charge in [0.2, 0.25) is 0 Å². The van der Waals surface area contributed by atoms with Crippen molar-refractivity contribution >= 4 is 28.2 Å². The van der Waals surface area contributed by atoms with E-state index < -0.39 is 0 Å². The Balaban J connectivity index is 2.01. The fourth-order valence-electron chi connectivity index (χ4n) is 1.86. The molecule has 106 valence electrons. The van der Waals surface area contributed by atoms with Crippen LogP contribution in [0.4, 0.5) is 10.9 Å². The van der Waals surface area contributed by atoms with Crippen LogP contribution >= 0.6 is 11.3 Å². The van der Waals surface area contributed by atoms with Crippen molar-refractivity contribution in [1.82, 2.24) is 15.6 Å². The lowest BCUT2D eigenvalue weighted by Crippen LogP contribution is -2.43. The Labute approximate surface area is 116 Å². The van der Waals surface area contributed by atoms with Gasteiger partial charge >= 0.3 is 0 Å². The molecule has 19 heavy (non-hydrogen) atoms. The van der Waals surface area contributed by atoms with E-state index in [1.165, 1.54) is 11.3 Å². The van der Waals surface area contributed by atoms with Gasteiger partial charge in [-0.25, -0.2) is 4.98 Å². The molecule has 0 atom stereocenters. The highest BCUT2D eigenvalue weighted by Crippen LogP contribution is 2.28. The molecule has 1 aromatic rings. The van der Waals surface area contributed by atoms with Crippen LogP contribution in [-0.2, 0) is 0 Å². The monoisotopic (exact) mass is 284 g/mol. The molecule has 2 rings (SSSR count).